The molecule has 48 heavy (non-hydrogen) atoms. The van der Waals surface area contributed by atoms with Gasteiger partial charge in [0, 0.05) is 49.9 Å². The molecule has 0 bridgehead atoms. The zero-order chi connectivity index (χ0) is 33.5. The number of benzene rings is 3. The number of carboxylic acids is 1. The zero-order valence-electron chi connectivity index (χ0n) is 26.8. The molecule has 0 saturated carbocycles. The molecule has 4 heterocycles. The Balaban J connectivity index is 1.16. The van der Waals surface area contributed by atoms with Gasteiger partial charge in [0.25, 0.3) is 0 Å². The smallest absolute Gasteiger partial charge is 0.306 e. The third-order valence-corrected chi connectivity index (χ3v) is 9.97. The van der Waals surface area contributed by atoms with E-state index in [1.165, 1.54) is 0 Å². The third kappa shape index (κ3) is 5.93. The summed E-state index contributed by atoms with van der Waals surface area (Å²) in [6.07, 6.45) is 1.02. The Kier molecular flexibility index (Phi) is 8.66. The molecule has 12 heteroatoms. The number of piperidine rings is 1. The number of oxazole rings is 1. The molecule has 0 spiro atoms. The Morgan fingerprint density at radius 1 is 1.17 bits per heavy atom. The SMILES string of the molecule is Cc1c(-c2nc3cc(CN4CCC(C(=O)O)CC4)cc(C#N)c3o2)cccc1-c1cccc(NC(O)c2nc3c(n2C)CCNC3)c1Cl. The van der Waals surface area contributed by atoms with Crippen LogP contribution in [0.1, 0.15) is 53.0 Å². The number of aliphatic hydroxyl groups excluding tert-OH is 1. The maximum Gasteiger partial charge on any atom is 0.306 e. The van der Waals surface area contributed by atoms with Gasteiger partial charge in [-0.15, -0.1) is 0 Å². The fraction of sp³-hybridized carbons (Fsp3) is 0.333. The van der Waals surface area contributed by atoms with E-state index < -0.39 is 12.2 Å². The molecule has 5 aromatic rings. The Labute approximate surface area is 282 Å². The van der Waals surface area contributed by atoms with Crippen LogP contribution in [0.15, 0.2) is 52.9 Å². The van der Waals surface area contributed by atoms with Crippen molar-refractivity contribution in [3.63, 3.8) is 0 Å². The van der Waals surface area contributed by atoms with Crippen molar-refractivity contribution in [2.24, 2.45) is 13.0 Å². The number of hydrogen-bond donors (Lipinski definition) is 4. The Morgan fingerprint density at radius 2 is 1.92 bits per heavy atom. The molecule has 1 fully saturated rings. The van der Waals surface area contributed by atoms with Crippen molar-refractivity contribution in [1.82, 2.24) is 24.8 Å². The van der Waals surface area contributed by atoms with Gasteiger partial charge in [0.1, 0.15) is 11.6 Å². The Morgan fingerprint density at radius 3 is 2.67 bits per heavy atom. The fourth-order valence-corrected chi connectivity index (χ4v) is 7.20. The van der Waals surface area contributed by atoms with Gasteiger partial charge in [-0.2, -0.15) is 5.26 Å². The number of nitriles is 1. The number of hydrogen-bond acceptors (Lipinski definition) is 9. The van der Waals surface area contributed by atoms with Crippen LogP contribution in [-0.4, -0.2) is 55.3 Å². The van der Waals surface area contributed by atoms with Crippen LogP contribution >= 0.6 is 11.6 Å². The molecule has 1 atom stereocenters. The maximum atomic E-state index is 11.4. The first-order valence-electron chi connectivity index (χ1n) is 16.1. The second-order valence-corrected chi connectivity index (χ2v) is 12.9. The van der Waals surface area contributed by atoms with Gasteiger partial charge < -0.3 is 29.8 Å². The van der Waals surface area contributed by atoms with Gasteiger partial charge in [-0.25, -0.2) is 9.97 Å². The molecule has 0 radical (unpaired) electrons. The predicted molar refractivity (Wildman–Crippen MR) is 182 cm³/mol. The first-order valence-corrected chi connectivity index (χ1v) is 16.5. The van der Waals surface area contributed by atoms with Gasteiger partial charge >= 0.3 is 5.97 Å². The van der Waals surface area contributed by atoms with E-state index in [-0.39, 0.29) is 5.92 Å². The molecule has 2 aliphatic heterocycles. The lowest BCUT2D eigenvalue weighted by Crippen LogP contribution is -2.35. The van der Waals surface area contributed by atoms with Crippen LogP contribution in [0.5, 0.6) is 0 Å². The number of anilines is 1. The summed E-state index contributed by atoms with van der Waals surface area (Å²) in [5, 5.41) is 37.4. The lowest BCUT2D eigenvalue weighted by atomic mass is 9.96. The van der Waals surface area contributed by atoms with Crippen LogP contribution in [-0.2, 0) is 31.4 Å². The largest absolute Gasteiger partial charge is 0.481 e. The predicted octanol–water partition coefficient (Wildman–Crippen LogP) is 5.77. The summed E-state index contributed by atoms with van der Waals surface area (Å²) in [4.78, 5) is 23.1. The minimum Gasteiger partial charge on any atom is -0.481 e. The van der Waals surface area contributed by atoms with Crippen LogP contribution < -0.4 is 10.6 Å². The van der Waals surface area contributed by atoms with Gasteiger partial charge in [-0.3, -0.25) is 9.69 Å². The van der Waals surface area contributed by atoms with E-state index in [1.54, 1.807) is 0 Å². The topological polar surface area (TPSA) is 152 Å². The highest BCUT2D eigenvalue weighted by molar-refractivity contribution is 6.36. The van der Waals surface area contributed by atoms with Crippen molar-refractivity contribution in [2.75, 3.05) is 25.0 Å². The summed E-state index contributed by atoms with van der Waals surface area (Å²) in [6.45, 7) is 5.51. The van der Waals surface area contributed by atoms with E-state index >= 15 is 0 Å². The van der Waals surface area contributed by atoms with E-state index in [2.05, 4.69) is 26.6 Å². The molecule has 2 aromatic heterocycles. The number of carboxylic acid groups (broad SMARTS) is 1. The van der Waals surface area contributed by atoms with Crippen molar-refractivity contribution in [3.8, 4) is 28.7 Å². The van der Waals surface area contributed by atoms with Crippen LogP contribution in [0.25, 0.3) is 33.7 Å². The van der Waals surface area contributed by atoms with E-state index in [0.717, 1.165) is 52.2 Å². The number of likely N-dealkylation sites (tertiary alicyclic amines) is 1. The number of carbonyl (C=O) groups is 1. The number of nitrogens with zero attached hydrogens (tertiary/aromatic N) is 5. The van der Waals surface area contributed by atoms with Crippen LogP contribution in [0.3, 0.4) is 0 Å². The lowest BCUT2D eigenvalue weighted by molar-refractivity contribution is -0.143. The number of halogens is 1. The summed E-state index contributed by atoms with van der Waals surface area (Å²) < 4.78 is 8.18. The van der Waals surface area contributed by atoms with Gasteiger partial charge in [0.15, 0.2) is 17.6 Å². The van der Waals surface area contributed by atoms with Crippen molar-refractivity contribution in [2.45, 2.75) is 45.5 Å². The molecular weight excluding hydrogens is 630 g/mol. The number of fused-ring (bicyclic) bond motifs is 2. The minimum absolute atomic E-state index is 0.301. The summed E-state index contributed by atoms with van der Waals surface area (Å²) >= 11 is 6.99. The van der Waals surface area contributed by atoms with Crippen molar-refractivity contribution < 1.29 is 19.4 Å². The van der Waals surface area contributed by atoms with Gasteiger partial charge in [-0.1, -0.05) is 35.9 Å². The van der Waals surface area contributed by atoms with E-state index in [4.69, 9.17) is 21.0 Å². The summed E-state index contributed by atoms with van der Waals surface area (Å²) in [7, 11) is 1.92. The molecule has 1 unspecified atom stereocenters. The lowest BCUT2D eigenvalue weighted by Gasteiger charge is -2.30. The Hall–Kier alpha value is -4.73. The third-order valence-electron chi connectivity index (χ3n) is 9.57. The number of aliphatic hydroxyl groups is 1. The molecule has 4 N–H and O–H groups in total. The van der Waals surface area contributed by atoms with Crippen LogP contribution in [0, 0.1) is 24.2 Å². The van der Waals surface area contributed by atoms with Gasteiger partial charge in [0.05, 0.1) is 27.9 Å². The average Bonchev–Trinajstić information content (AvgIpc) is 3.67. The molecule has 11 nitrogen and oxygen atoms in total. The van der Waals surface area contributed by atoms with E-state index in [1.807, 2.05) is 67.1 Å². The number of nitrogens with one attached hydrogen (secondary N) is 2. The molecule has 246 valence electrons. The fourth-order valence-electron chi connectivity index (χ4n) is 6.92. The Bertz CT molecular complexity index is 2070. The van der Waals surface area contributed by atoms with Gasteiger partial charge in [-0.05, 0) is 73.8 Å². The molecular formula is C36H36ClN7O4. The van der Waals surface area contributed by atoms with E-state index in [9.17, 15) is 20.3 Å². The number of aliphatic carboxylic acids is 1. The molecule has 3 aromatic carbocycles. The summed E-state index contributed by atoms with van der Waals surface area (Å²) in [6, 6.07) is 17.5. The number of rotatable bonds is 8. The monoisotopic (exact) mass is 665 g/mol. The van der Waals surface area contributed by atoms with Crippen LogP contribution in [0.2, 0.25) is 5.02 Å². The zero-order valence-corrected chi connectivity index (χ0v) is 27.5. The van der Waals surface area contributed by atoms with Crippen molar-refractivity contribution in [1.29, 1.82) is 5.26 Å². The quantitative estimate of drug-likeness (QED) is 0.150. The molecule has 7 rings (SSSR count). The second kappa shape index (κ2) is 13.1. The molecule has 1 saturated heterocycles. The number of imidazole rings is 1. The molecule has 0 aliphatic carbocycles. The molecule has 0 amide bonds. The highest BCUT2D eigenvalue weighted by atomic mass is 35.5. The normalized spacial score (nSPS) is 16.1. The first kappa shape index (κ1) is 31.8. The first-order chi connectivity index (χ1) is 23.2. The minimum atomic E-state index is -1.06. The highest BCUT2D eigenvalue weighted by Gasteiger charge is 2.26. The number of aromatic nitrogens is 3. The average molecular weight is 666 g/mol. The van der Waals surface area contributed by atoms with Crippen molar-refractivity contribution >= 4 is 34.4 Å². The molecule has 2 aliphatic rings. The standard InChI is InChI=1S/C36H36ClN7O4/c1-20-24(26-7-4-8-27(31(26)37)41-34(45)33-40-29-18-39-12-9-30(29)43(33)2)5-3-6-25(20)35-42-28-16-21(15-23(17-38)32(28)48-35)19-44-13-10-22(11-14-44)36(46)47/h3-8,15-16,22,34,39,41,45H,9-14,18-19H2,1-2H3,(H,46,47). The van der Waals surface area contributed by atoms with Crippen LogP contribution in [0.4, 0.5) is 5.69 Å². The summed E-state index contributed by atoms with van der Waals surface area (Å²) in [5.41, 5.74) is 8.31. The maximum absolute atomic E-state index is 11.4. The second-order valence-electron chi connectivity index (χ2n) is 12.6. The highest BCUT2D eigenvalue weighted by Crippen LogP contribution is 2.40. The van der Waals surface area contributed by atoms with E-state index in [0.29, 0.717) is 78.1 Å². The van der Waals surface area contributed by atoms with Crippen molar-refractivity contribution in [3.05, 3.63) is 87.5 Å². The summed E-state index contributed by atoms with van der Waals surface area (Å²) in [5.74, 6) is -0.110. The van der Waals surface area contributed by atoms with Gasteiger partial charge in [0.2, 0.25) is 5.89 Å².